The van der Waals surface area contributed by atoms with Gasteiger partial charge in [0.1, 0.15) is 17.5 Å². The summed E-state index contributed by atoms with van der Waals surface area (Å²) in [6.07, 6.45) is 3.07. The maximum absolute atomic E-state index is 13.0. The first-order valence-electron chi connectivity index (χ1n) is 10.1. The third-order valence-electron chi connectivity index (χ3n) is 5.07. The quantitative estimate of drug-likeness (QED) is 0.484. The highest BCUT2D eigenvalue weighted by Crippen LogP contribution is 2.35. The number of anilines is 3. The number of likely N-dealkylation sites (N-methyl/N-ethyl adjacent to an activating group) is 1. The van der Waals surface area contributed by atoms with E-state index in [4.69, 9.17) is 5.73 Å². The van der Waals surface area contributed by atoms with E-state index >= 15 is 0 Å². The summed E-state index contributed by atoms with van der Waals surface area (Å²) in [5.74, 6) is 0.259. The van der Waals surface area contributed by atoms with Crippen molar-refractivity contribution in [1.82, 2.24) is 9.97 Å². The molecule has 10 heteroatoms. The van der Waals surface area contributed by atoms with Crippen molar-refractivity contribution in [1.29, 1.82) is 0 Å². The zero-order valence-corrected chi connectivity index (χ0v) is 18.6. The molecule has 0 fully saturated rings. The Bertz CT molecular complexity index is 1050. The van der Waals surface area contributed by atoms with E-state index in [1.165, 1.54) is 18.3 Å². The predicted octanol–water partition coefficient (Wildman–Crippen LogP) is 1.98. The van der Waals surface area contributed by atoms with Crippen molar-refractivity contribution < 1.29 is 14.3 Å². The van der Waals surface area contributed by atoms with Crippen molar-refractivity contribution in [2.24, 2.45) is 10.7 Å². The molecule has 0 spiro atoms. The molecule has 2 heterocycles. The largest absolute Gasteiger partial charge is 0.404 e. The Morgan fingerprint density at radius 2 is 2.06 bits per heavy atom. The topological polar surface area (TPSA) is 129 Å². The lowest BCUT2D eigenvalue weighted by molar-refractivity contribution is -0.122. The van der Waals surface area contributed by atoms with Crippen LogP contribution in [0.25, 0.3) is 0 Å². The third kappa shape index (κ3) is 5.20. The average molecular weight is 442 g/mol. The molecule has 0 bridgehead atoms. The van der Waals surface area contributed by atoms with Crippen LogP contribution in [0.5, 0.6) is 0 Å². The third-order valence-corrected chi connectivity index (χ3v) is 5.07. The van der Waals surface area contributed by atoms with Gasteiger partial charge in [0.05, 0.1) is 17.8 Å². The van der Waals surface area contributed by atoms with Crippen LogP contribution in [0.15, 0.2) is 41.0 Å². The van der Waals surface area contributed by atoms with Gasteiger partial charge in [-0.2, -0.15) is 4.98 Å². The number of nitrogens with two attached hydrogens (primary N) is 1. The van der Waals surface area contributed by atoms with Crippen molar-refractivity contribution in [3.63, 3.8) is 0 Å². The second kappa shape index (κ2) is 9.31. The van der Waals surface area contributed by atoms with Crippen LogP contribution in [-0.2, 0) is 11.3 Å². The number of aliphatic hydroxyl groups is 1. The van der Waals surface area contributed by atoms with Crippen LogP contribution in [0.3, 0.4) is 0 Å². The zero-order chi connectivity index (χ0) is 23.5. The van der Waals surface area contributed by atoms with E-state index in [0.29, 0.717) is 41.8 Å². The summed E-state index contributed by atoms with van der Waals surface area (Å²) in [5.41, 5.74) is 7.15. The van der Waals surface area contributed by atoms with Crippen LogP contribution in [-0.4, -0.2) is 52.4 Å². The molecule has 9 nitrogen and oxygen atoms in total. The van der Waals surface area contributed by atoms with E-state index in [9.17, 15) is 14.3 Å². The molecule has 1 atom stereocenters. The van der Waals surface area contributed by atoms with Crippen LogP contribution in [0.4, 0.5) is 21.8 Å². The molecule has 1 aromatic carbocycles. The highest BCUT2D eigenvalue weighted by Gasteiger charge is 2.42. The SMILES string of the molecule is Cc1nc(NC/C(C=NCc2ccc(F)cc2)=C/N)nc2c1NC(=O)[C@H](C(C)(C)O)N2C. The summed E-state index contributed by atoms with van der Waals surface area (Å²) in [7, 11) is 1.71. The maximum Gasteiger partial charge on any atom is 0.250 e. The smallest absolute Gasteiger partial charge is 0.250 e. The van der Waals surface area contributed by atoms with Gasteiger partial charge in [0.15, 0.2) is 5.82 Å². The molecule has 0 saturated carbocycles. The van der Waals surface area contributed by atoms with E-state index < -0.39 is 11.6 Å². The standard InChI is InChI=1S/C22H28FN7O2/c1-13-17-19(30(4)18(20(31)28-17)22(2,3)32)29-21(27-13)26-12-15(9-24)11-25-10-14-5-7-16(23)8-6-14/h5-9,11,18,32H,10,12,24H2,1-4H3,(H,28,31)(H,26,27,29)/b15-9+,25-11?/t18-/m1/s1. The van der Waals surface area contributed by atoms with Gasteiger partial charge < -0.3 is 26.4 Å². The van der Waals surface area contributed by atoms with Crippen LogP contribution < -0.4 is 21.3 Å². The number of rotatable bonds is 7. The number of fused-ring (bicyclic) bond motifs is 1. The van der Waals surface area contributed by atoms with E-state index in [1.54, 1.807) is 51.1 Å². The van der Waals surface area contributed by atoms with E-state index in [1.807, 2.05) is 0 Å². The molecule has 1 aliphatic rings. The lowest BCUT2D eigenvalue weighted by Gasteiger charge is -2.40. The van der Waals surface area contributed by atoms with Crippen molar-refractivity contribution in [3.8, 4) is 0 Å². The number of benzene rings is 1. The van der Waals surface area contributed by atoms with Gasteiger partial charge in [-0.25, -0.2) is 9.37 Å². The van der Waals surface area contributed by atoms with Gasteiger partial charge in [-0.15, -0.1) is 0 Å². The number of aromatic nitrogens is 2. The monoisotopic (exact) mass is 441 g/mol. The predicted molar refractivity (Wildman–Crippen MR) is 123 cm³/mol. The first kappa shape index (κ1) is 23.1. The minimum absolute atomic E-state index is 0.288. The Labute approximate surface area is 186 Å². The Hall–Kier alpha value is -3.53. The molecule has 3 rings (SSSR count). The van der Waals surface area contributed by atoms with Gasteiger partial charge in [-0.05, 0) is 38.5 Å². The van der Waals surface area contributed by atoms with Gasteiger partial charge in [-0.1, -0.05) is 12.1 Å². The maximum atomic E-state index is 13.0. The molecule has 2 aromatic rings. The molecule has 32 heavy (non-hydrogen) atoms. The highest BCUT2D eigenvalue weighted by molar-refractivity contribution is 6.04. The number of nitrogens with zero attached hydrogens (tertiary/aromatic N) is 4. The first-order chi connectivity index (χ1) is 15.1. The summed E-state index contributed by atoms with van der Waals surface area (Å²) >= 11 is 0. The van der Waals surface area contributed by atoms with Gasteiger partial charge in [0.25, 0.3) is 0 Å². The highest BCUT2D eigenvalue weighted by atomic mass is 19.1. The lowest BCUT2D eigenvalue weighted by Crippen LogP contribution is -2.57. The Morgan fingerprint density at radius 1 is 1.38 bits per heavy atom. The second-order valence-corrected chi connectivity index (χ2v) is 8.18. The fourth-order valence-corrected chi connectivity index (χ4v) is 3.51. The van der Waals surface area contributed by atoms with Gasteiger partial charge in [-0.3, -0.25) is 9.79 Å². The fourth-order valence-electron chi connectivity index (χ4n) is 3.51. The van der Waals surface area contributed by atoms with Crippen molar-refractivity contribution in [2.45, 2.75) is 39.0 Å². The number of nitrogens with one attached hydrogen (secondary N) is 2. The zero-order valence-electron chi connectivity index (χ0n) is 18.6. The number of aryl methyl sites for hydroxylation is 1. The molecule has 0 saturated heterocycles. The Kier molecular flexibility index (Phi) is 6.73. The Morgan fingerprint density at radius 3 is 2.69 bits per heavy atom. The fraction of sp³-hybridized carbons (Fsp3) is 0.364. The number of carbonyl (C=O) groups excluding carboxylic acids is 1. The molecule has 1 amide bonds. The summed E-state index contributed by atoms with van der Waals surface area (Å²) < 4.78 is 13.0. The molecule has 1 aromatic heterocycles. The van der Waals surface area contributed by atoms with Crippen LogP contribution in [0.2, 0.25) is 0 Å². The molecular weight excluding hydrogens is 413 g/mol. The molecule has 0 unspecified atom stereocenters. The summed E-state index contributed by atoms with van der Waals surface area (Å²) in [6, 6.07) is 5.34. The van der Waals surface area contributed by atoms with E-state index in [-0.39, 0.29) is 11.7 Å². The van der Waals surface area contributed by atoms with Gasteiger partial charge in [0, 0.05) is 31.6 Å². The van der Waals surface area contributed by atoms with E-state index in [0.717, 1.165) is 5.56 Å². The summed E-state index contributed by atoms with van der Waals surface area (Å²) in [5, 5.41) is 16.3. The van der Waals surface area contributed by atoms with Gasteiger partial charge >= 0.3 is 0 Å². The van der Waals surface area contributed by atoms with Crippen LogP contribution in [0.1, 0.15) is 25.1 Å². The average Bonchev–Trinajstić information content (AvgIpc) is 2.72. The Balaban J connectivity index is 1.71. The number of hydrogen-bond donors (Lipinski definition) is 4. The van der Waals surface area contributed by atoms with Crippen molar-refractivity contribution in [3.05, 3.63) is 53.1 Å². The normalized spacial score (nSPS) is 16.8. The molecule has 1 aliphatic heterocycles. The number of halogens is 1. The lowest BCUT2D eigenvalue weighted by atomic mass is 9.95. The molecule has 5 N–H and O–H groups in total. The summed E-state index contributed by atoms with van der Waals surface area (Å²) in [4.78, 5) is 27.4. The molecule has 0 radical (unpaired) electrons. The number of amides is 1. The molecular formula is C22H28FN7O2. The first-order valence-corrected chi connectivity index (χ1v) is 10.1. The van der Waals surface area contributed by atoms with E-state index in [2.05, 4.69) is 25.6 Å². The van der Waals surface area contributed by atoms with Gasteiger partial charge in [0.2, 0.25) is 11.9 Å². The number of carbonyl (C=O) groups is 1. The van der Waals surface area contributed by atoms with Crippen LogP contribution in [0, 0.1) is 12.7 Å². The summed E-state index contributed by atoms with van der Waals surface area (Å²) in [6.45, 7) is 5.65. The van der Waals surface area contributed by atoms with Crippen molar-refractivity contribution >= 4 is 29.6 Å². The number of aliphatic imine (C=N–C) groups is 1. The van der Waals surface area contributed by atoms with Crippen molar-refractivity contribution in [2.75, 3.05) is 29.1 Å². The molecule has 0 aliphatic carbocycles. The van der Waals surface area contributed by atoms with Crippen LogP contribution >= 0.6 is 0 Å². The number of hydrogen-bond acceptors (Lipinski definition) is 8. The minimum Gasteiger partial charge on any atom is -0.404 e. The minimum atomic E-state index is -1.26. The molecule has 170 valence electrons. The second-order valence-electron chi connectivity index (χ2n) is 8.18.